The van der Waals surface area contributed by atoms with Crippen molar-refractivity contribution in [1.29, 1.82) is 0 Å². The Labute approximate surface area is 756 Å². The van der Waals surface area contributed by atoms with Gasteiger partial charge in [-0.15, -0.1) is 0 Å². The number of carbonyl (C=O) groups is 4. The second-order valence-electron chi connectivity index (χ2n) is 36.2. The van der Waals surface area contributed by atoms with Crippen molar-refractivity contribution in [2.75, 3.05) is 12.4 Å². The lowest BCUT2D eigenvalue weighted by atomic mass is 9.48. The van der Waals surface area contributed by atoms with Crippen molar-refractivity contribution in [3.05, 3.63) is 165 Å². The molecule has 1 N–H and O–H groups in total. The van der Waals surface area contributed by atoms with Crippen LogP contribution in [0.3, 0.4) is 0 Å². The average Bonchev–Trinajstić information content (AvgIpc) is 0.924. The molecule has 13 rings (SSSR count). The maximum absolute atomic E-state index is 13.3. The number of aromatic hydroxyl groups is 1. The first kappa shape index (κ1) is 100. The van der Waals surface area contributed by atoms with E-state index in [0.717, 1.165) is 61.6 Å². The molecule has 0 radical (unpaired) electrons. The number of halogens is 7. The summed E-state index contributed by atoms with van der Waals surface area (Å²) in [6.07, 6.45) is 5.56. The van der Waals surface area contributed by atoms with E-state index in [0.29, 0.717) is 76.3 Å². The number of sulfonamides is 1. The second-order valence-corrected chi connectivity index (χ2v) is 46.0. The Morgan fingerprint density at radius 3 is 1.63 bits per heavy atom. The highest BCUT2D eigenvalue weighted by Gasteiger charge is 2.64. The van der Waals surface area contributed by atoms with E-state index < -0.39 is 72.4 Å². The highest BCUT2D eigenvalue weighted by Crippen LogP contribution is 2.64. The third kappa shape index (κ3) is 27.1. The van der Waals surface area contributed by atoms with E-state index in [1.165, 1.54) is 68.4 Å². The van der Waals surface area contributed by atoms with E-state index >= 15 is 0 Å². The second kappa shape index (κ2) is 41.4. The van der Waals surface area contributed by atoms with Crippen LogP contribution < -0.4 is 5.11 Å². The quantitative estimate of drug-likeness (QED) is 0.0103. The Balaban J connectivity index is 0.000000201. The molecule has 1 heterocycles. The summed E-state index contributed by atoms with van der Waals surface area (Å²) in [7, 11) is -9.22. The molecule has 4 unspecified atom stereocenters. The number of phenolic OH excluding ortho intramolecular Hbond substituents is 1. The van der Waals surface area contributed by atoms with Crippen molar-refractivity contribution >= 4 is 171 Å². The largest absolute Gasteiger partial charge is 0.858 e. The minimum atomic E-state index is -5.27. The predicted octanol–water partition coefficient (Wildman–Crippen LogP) is 24.3. The lowest BCUT2D eigenvalue weighted by molar-refractivity contribution is -0.239. The number of rotatable bonds is 21. The first-order valence-electron chi connectivity index (χ1n) is 40.7. The summed E-state index contributed by atoms with van der Waals surface area (Å²) >= 11 is 8.28. The van der Waals surface area contributed by atoms with Crippen LogP contribution in [0.4, 0.5) is 13.2 Å². The fourth-order valence-corrected chi connectivity index (χ4v) is 23.2. The Kier molecular flexibility index (Phi) is 35.2. The van der Waals surface area contributed by atoms with E-state index in [2.05, 4.69) is 211 Å². The summed E-state index contributed by atoms with van der Waals surface area (Å²) in [6.45, 7) is 36.1. The van der Waals surface area contributed by atoms with Gasteiger partial charge in [-0.1, -0.05) is 124 Å². The zero-order chi connectivity index (χ0) is 88.2. The number of benzene rings is 6. The van der Waals surface area contributed by atoms with Crippen molar-refractivity contribution in [2.24, 2.45) is 60.6 Å². The Bertz CT molecular complexity index is 4780. The molecule has 26 heteroatoms. The molecule has 1 aromatic heterocycles. The number of fused-ring (bicyclic) bond motifs is 3. The summed E-state index contributed by atoms with van der Waals surface area (Å²) in [5.41, 5.74) is -1.55. The lowest BCUT2D eigenvalue weighted by Gasteiger charge is -2.60. The van der Waals surface area contributed by atoms with Crippen molar-refractivity contribution in [3.63, 3.8) is 0 Å². The number of esters is 4. The molecule has 650 valence electrons. The number of thiophene rings is 1. The van der Waals surface area contributed by atoms with Crippen LogP contribution >= 0.6 is 101 Å². The minimum Gasteiger partial charge on any atom is -0.858 e. The first-order valence-corrected chi connectivity index (χ1v) is 49.3. The van der Waals surface area contributed by atoms with Crippen LogP contribution in [-0.2, 0) is 58.3 Å². The Hall–Kier alpha value is -4.74. The summed E-state index contributed by atoms with van der Waals surface area (Å²) < 4.78 is 128. The van der Waals surface area contributed by atoms with Crippen LogP contribution in [0.15, 0.2) is 149 Å². The van der Waals surface area contributed by atoms with Crippen LogP contribution in [0.5, 0.6) is 5.75 Å². The molecule has 6 fully saturated rings. The molecule has 0 spiro atoms. The highest BCUT2D eigenvalue weighted by molar-refractivity contribution is 14.1. The van der Waals surface area contributed by atoms with Gasteiger partial charge < -0.3 is 33.7 Å². The summed E-state index contributed by atoms with van der Waals surface area (Å²) in [4.78, 5) is 51.0. The van der Waals surface area contributed by atoms with Gasteiger partial charge in [0.25, 0.3) is 10.0 Å². The molecule has 118 heavy (non-hydrogen) atoms. The Morgan fingerprint density at radius 2 is 1.14 bits per heavy atom. The number of nitrogens with zero attached hydrogens (tertiary/aromatic N) is 1. The zero-order valence-electron chi connectivity index (χ0n) is 71.2. The van der Waals surface area contributed by atoms with Gasteiger partial charge in [0, 0.05) is 53.4 Å². The van der Waals surface area contributed by atoms with Crippen LogP contribution in [0.25, 0.3) is 25.1 Å². The molecule has 6 aromatic carbocycles. The van der Waals surface area contributed by atoms with E-state index in [1.54, 1.807) is 38.1 Å². The maximum atomic E-state index is 13.3. The van der Waals surface area contributed by atoms with E-state index in [-0.39, 0.29) is 62.0 Å². The number of ether oxygens (including phenoxy) is 4. The third-order valence-electron chi connectivity index (χ3n) is 24.8. The molecule has 7 aromatic rings. The van der Waals surface area contributed by atoms with Crippen molar-refractivity contribution < 1.29 is 82.9 Å². The molecule has 0 saturated heterocycles. The molecule has 4 atom stereocenters. The first-order chi connectivity index (χ1) is 54.7. The topological polar surface area (TPSA) is 252 Å². The fourth-order valence-electron chi connectivity index (χ4n) is 16.5. The van der Waals surface area contributed by atoms with E-state index in [9.17, 15) is 58.8 Å². The van der Waals surface area contributed by atoms with Gasteiger partial charge in [-0.05, 0) is 372 Å². The minimum absolute atomic E-state index is 0.00100. The number of hydrogen-bond acceptors (Lipinski definition) is 15. The van der Waals surface area contributed by atoms with E-state index in [1.807, 2.05) is 95.3 Å². The monoisotopic (exact) mass is 2140 g/mol. The smallest absolute Gasteiger partial charge is 0.426 e. The lowest BCUT2D eigenvalue weighted by Crippen LogP contribution is -2.61. The summed E-state index contributed by atoms with van der Waals surface area (Å²) in [6, 6.07) is 45.6. The van der Waals surface area contributed by atoms with Crippen LogP contribution in [0, 0.1) is 70.4 Å². The molecule has 6 aliphatic rings. The molecule has 6 saturated carbocycles. The number of alkyl halides is 3. The van der Waals surface area contributed by atoms with Gasteiger partial charge in [0.15, 0.2) is 14.3 Å². The molecule has 0 amide bonds. The van der Waals surface area contributed by atoms with Gasteiger partial charge in [-0.2, -0.15) is 26.0 Å². The number of carbonyl (C=O) groups excluding carboxylic acids is 4. The Morgan fingerprint density at radius 1 is 0.636 bits per heavy atom. The predicted molar refractivity (Wildman–Crippen MR) is 496 cm³/mol. The van der Waals surface area contributed by atoms with Crippen molar-refractivity contribution in [1.82, 2.24) is 0 Å². The van der Waals surface area contributed by atoms with E-state index in [4.69, 9.17) is 19.3 Å². The van der Waals surface area contributed by atoms with Gasteiger partial charge in [-0.25, -0.2) is 8.42 Å². The van der Waals surface area contributed by atoms with Gasteiger partial charge >= 0.3 is 30.1 Å². The third-order valence-corrected chi connectivity index (χ3v) is 33.5. The van der Waals surface area contributed by atoms with Gasteiger partial charge in [0.05, 0.1) is 49.0 Å². The summed E-state index contributed by atoms with van der Waals surface area (Å²) in [5, 5.41) is 24.2. The molecular formula is C92H119F3I4NO15S3-. The van der Waals surface area contributed by atoms with Crippen LogP contribution in [0.1, 0.15) is 244 Å². The van der Waals surface area contributed by atoms with Gasteiger partial charge in [-0.3, -0.25) is 19.2 Å². The average molecular weight is 2140 g/mol. The summed E-state index contributed by atoms with van der Waals surface area (Å²) in [5.74, 6) is -1.98. The zero-order valence-corrected chi connectivity index (χ0v) is 82.2. The van der Waals surface area contributed by atoms with Crippen molar-refractivity contribution in [2.45, 2.75) is 261 Å². The van der Waals surface area contributed by atoms with Crippen molar-refractivity contribution in [3.8, 4) is 10.6 Å². The van der Waals surface area contributed by atoms with Gasteiger partial charge in [0.2, 0.25) is 6.10 Å². The fraction of sp³-hybridized carbons (Fsp3) is 0.554. The standard InChI is InChI=1S/C20H29F3O7S.C19H36O2.C18H13S.C13H7I4NO3S.C12H22O2.C10H14O/c1-4-17(2,3)15(24)30-19-8-12-5-13(9-19)7-18(6-12,11-19)16(25)29-14(20(21,22)23)10-31(26,27)28;1-9-17(3,4)16(20)21-11-10-15-12-18(5,6)14(2)19(7,8)13-15;1-2-8-14(9-3-1)19-17-12-6-4-10-15(17)16-11-5-7-13-18(16)19;14-7-1-3-9(4-2-7)22(20,21)18-13(19)10-5-8(15)6-11(16)12(10)17;1-5-11(2,3)10(13)14-12(4)8-6-7-9-12;1-3-8(2)9-5-4-6-10(11)7-9/h12-14H,4-11H2,1-3H3,(H,26,27,28);14-15H,9-13H2,1-8H3;1-13H;1-6H,(H,18,19);5-9H2,1-4H3;4-8,11H,3H2,1-2H3/q;;+1;;;/p-2. The van der Waals surface area contributed by atoms with Crippen LogP contribution in [0.2, 0.25) is 0 Å². The normalized spacial score (nSPS) is 21.7. The number of hydrogen-bond donors (Lipinski definition) is 1. The molecule has 4 bridgehead atoms. The molecule has 16 nitrogen and oxygen atoms in total. The highest BCUT2D eigenvalue weighted by atomic mass is 127. The van der Waals surface area contributed by atoms with Crippen LogP contribution in [-0.4, -0.2) is 92.1 Å². The molecule has 0 aliphatic heterocycles. The molecule has 6 aliphatic carbocycles. The molecular weight excluding hydrogens is 2020 g/mol. The maximum Gasteiger partial charge on any atom is 0.426 e. The van der Waals surface area contributed by atoms with Gasteiger partial charge in [0.1, 0.15) is 17.0 Å². The SMILES string of the molecule is CCC(C)(C)C(=O)OC1(C)CCCC1.CCC(C)(C)C(=O)OC12CC3CC(C1)CC(C(=O)OC(CS(=O)(=O)[O-])C(F)(F)F)(C3)C2.CCC(C)(C)C(=O)OCCC1CC(C)(C)C(C)C(C)(C)C1.CCC(C)c1cccc(O)c1.O=S(=O)(N=C([O-])c1cc(I)cc(I)c1I)c1ccc(I)cc1.c1ccc(-[s+]2c3ccccc3c3ccccc32)cc1. The number of phenols is 1.